The molecule has 1 fully saturated rings. The molecule has 0 spiro atoms. The van der Waals surface area contributed by atoms with E-state index in [9.17, 15) is 14.7 Å². The van der Waals surface area contributed by atoms with Crippen LogP contribution in [0.3, 0.4) is 0 Å². The maximum Gasteiger partial charge on any atom is 0.335 e. The summed E-state index contributed by atoms with van der Waals surface area (Å²) in [5.41, 5.74) is 2.58. The number of hydrogen-bond donors (Lipinski definition) is 2. The van der Waals surface area contributed by atoms with E-state index in [2.05, 4.69) is 10.2 Å². The molecule has 3 rings (SSSR count). The van der Waals surface area contributed by atoms with E-state index in [0.29, 0.717) is 30.3 Å². The van der Waals surface area contributed by atoms with Crippen LogP contribution >= 0.6 is 0 Å². The molecule has 2 heterocycles. The third kappa shape index (κ3) is 3.48. The number of benzene rings is 1. The summed E-state index contributed by atoms with van der Waals surface area (Å²) >= 11 is 0. The normalized spacial score (nSPS) is 15.5. The van der Waals surface area contributed by atoms with Gasteiger partial charge in [0.25, 0.3) is 5.91 Å². The zero-order valence-electron chi connectivity index (χ0n) is 13.7. The highest BCUT2D eigenvalue weighted by atomic mass is 16.4. The number of nitrogens with zero attached hydrogens (tertiary/aromatic N) is 2. The van der Waals surface area contributed by atoms with Crippen LogP contribution in [0.4, 0.5) is 0 Å². The van der Waals surface area contributed by atoms with Gasteiger partial charge >= 0.3 is 5.97 Å². The van der Waals surface area contributed by atoms with Crippen molar-refractivity contribution in [2.24, 2.45) is 5.92 Å². The third-order valence-corrected chi connectivity index (χ3v) is 4.58. The number of aromatic carboxylic acids is 1. The summed E-state index contributed by atoms with van der Waals surface area (Å²) in [7, 11) is 0. The molecule has 0 saturated carbocycles. The highest BCUT2D eigenvalue weighted by Gasteiger charge is 2.25. The lowest BCUT2D eigenvalue weighted by atomic mass is 9.88. The molecule has 0 atom stereocenters. The zero-order chi connectivity index (χ0) is 17.1. The molecule has 1 aliphatic rings. The second kappa shape index (κ2) is 6.86. The van der Waals surface area contributed by atoms with Crippen molar-refractivity contribution in [3.8, 4) is 0 Å². The summed E-state index contributed by atoms with van der Waals surface area (Å²) in [5, 5.41) is 16.1. The van der Waals surface area contributed by atoms with Crippen LogP contribution in [-0.2, 0) is 6.42 Å². The predicted octanol–water partition coefficient (Wildman–Crippen LogP) is 2.51. The largest absolute Gasteiger partial charge is 0.478 e. The number of aromatic amines is 1. The van der Waals surface area contributed by atoms with Crippen LogP contribution in [0.2, 0.25) is 0 Å². The number of hydrogen-bond acceptors (Lipinski definition) is 3. The first-order valence-electron chi connectivity index (χ1n) is 8.17. The van der Waals surface area contributed by atoms with Crippen molar-refractivity contribution in [3.63, 3.8) is 0 Å². The number of carbonyl (C=O) groups is 2. The standard InChI is InChI=1S/C18H21N3O3/c1-12-10-16(20-19-12)17(22)21-8-6-13(7-9-21)11-14-4-2-3-5-15(14)18(23)24/h2-5,10,13H,6-9,11H2,1H3,(H,19,20)(H,23,24). The van der Waals surface area contributed by atoms with Gasteiger partial charge in [0.15, 0.2) is 0 Å². The number of piperidine rings is 1. The van der Waals surface area contributed by atoms with Gasteiger partial charge in [0.2, 0.25) is 0 Å². The Morgan fingerprint density at radius 2 is 2.00 bits per heavy atom. The van der Waals surface area contributed by atoms with Crippen LogP contribution in [0, 0.1) is 12.8 Å². The fraction of sp³-hybridized carbons (Fsp3) is 0.389. The van der Waals surface area contributed by atoms with Crippen LogP contribution in [0.25, 0.3) is 0 Å². The van der Waals surface area contributed by atoms with Gasteiger partial charge in [-0.3, -0.25) is 9.89 Å². The average molecular weight is 327 g/mol. The first kappa shape index (κ1) is 16.2. The number of aromatic nitrogens is 2. The minimum Gasteiger partial charge on any atom is -0.478 e. The summed E-state index contributed by atoms with van der Waals surface area (Å²) in [6, 6.07) is 8.92. The van der Waals surface area contributed by atoms with Crippen molar-refractivity contribution < 1.29 is 14.7 Å². The Morgan fingerprint density at radius 1 is 1.29 bits per heavy atom. The molecule has 2 aromatic rings. The molecule has 24 heavy (non-hydrogen) atoms. The van der Waals surface area contributed by atoms with Crippen molar-refractivity contribution in [1.29, 1.82) is 0 Å². The number of carboxylic acids is 1. The lowest BCUT2D eigenvalue weighted by Crippen LogP contribution is -2.39. The topological polar surface area (TPSA) is 86.3 Å². The Hall–Kier alpha value is -2.63. The molecule has 0 unspecified atom stereocenters. The quantitative estimate of drug-likeness (QED) is 0.903. The molecule has 1 aliphatic heterocycles. The fourth-order valence-corrected chi connectivity index (χ4v) is 3.25. The average Bonchev–Trinajstić information content (AvgIpc) is 3.02. The molecule has 6 nitrogen and oxygen atoms in total. The van der Waals surface area contributed by atoms with Crippen LogP contribution in [-0.4, -0.2) is 45.2 Å². The molecular weight excluding hydrogens is 306 g/mol. The number of amides is 1. The molecule has 1 saturated heterocycles. The number of aryl methyl sites for hydroxylation is 1. The molecule has 0 radical (unpaired) electrons. The van der Waals surface area contributed by atoms with E-state index < -0.39 is 5.97 Å². The lowest BCUT2D eigenvalue weighted by molar-refractivity contribution is 0.0684. The van der Waals surface area contributed by atoms with Crippen molar-refractivity contribution in [1.82, 2.24) is 15.1 Å². The molecule has 1 aromatic heterocycles. The summed E-state index contributed by atoms with van der Waals surface area (Å²) < 4.78 is 0. The first-order valence-corrected chi connectivity index (χ1v) is 8.17. The molecule has 1 aromatic carbocycles. The summed E-state index contributed by atoms with van der Waals surface area (Å²) in [4.78, 5) is 25.5. The number of carboxylic acid groups (broad SMARTS) is 1. The van der Waals surface area contributed by atoms with Gasteiger partial charge in [-0.2, -0.15) is 5.10 Å². The summed E-state index contributed by atoms with van der Waals surface area (Å²) in [5.74, 6) is -0.522. The van der Waals surface area contributed by atoms with Crippen LogP contribution in [0.5, 0.6) is 0 Å². The van der Waals surface area contributed by atoms with Gasteiger partial charge in [-0.05, 0) is 49.8 Å². The summed E-state index contributed by atoms with van der Waals surface area (Å²) in [6.45, 7) is 3.24. The van der Waals surface area contributed by atoms with Gasteiger partial charge in [0.05, 0.1) is 5.56 Å². The van der Waals surface area contributed by atoms with Gasteiger partial charge < -0.3 is 10.0 Å². The number of nitrogens with one attached hydrogen (secondary N) is 1. The number of likely N-dealkylation sites (tertiary alicyclic amines) is 1. The lowest BCUT2D eigenvalue weighted by Gasteiger charge is -2.31. The Balaban J connectivity index is 1.60. The molecule has 6 heteroatoms. The van der Waals surface area contributed by atoms with Crippen LogP contribution in [0.1, 0.15) is 44.9 Å². The second-order valence-electron chi connectivity index (χ2n) is 6.34. The highest BCUT2D eigenvalue weighted by Crippen LogP contribution is 2.24. The molecule has 0 bridgehead atoms. The Bertz CT molecular complexity index is 745. The summed E-state index contributed by atoms with van der Waals surface area (Å²) in [6.07, 6.45) is 2.50. The van der Waals surface area contributed by atoms with E-state index in [0.717, 1.165) is 30.5 Å². The van der Waals surface area contributed by atoms with Gasteiger partial charge in [-0.1, -0.05) is 18.2 Å². The van der Waals surface area contributed by atoms with Gasteiger partial charge in [-0.25, -0.2) is 4.79 Å². The van der Waals surface area contributed by atoms with E-state index in [1.54, 1.807) is 18.2 Å². The molecule has 0 aliphatic carbocycles. The minimum atomic E-state index is -0.882. The number of H-pyrrole nitrogens is 1. The molecule has 126 valence electrons. The third-order valence-electron chi connectivity index (χ3n) is 4.58. The van der Waals surface area contributed by atoms with Crippen LogP contribution < -0.4 is 0 Å². The van der Waals surface area contributed by atoms with E-state index in [4.69, 9.17) is 0 Å². The first-order chi connectivity index (χ1) is 11.5. The molecular formula is C18H21N3O3. The maximum atomic E-state index is 12.4. The predicted molar refractivity (Wildman–Crippen MR) is 89.1 cm³/mol. The molecule has 1 amide bonds. The number of rotatable bonds is 4. The van der Waals surface area contributed by atoms with Crippen LogP contribution in [0.15, 0.2) is 30.3 Å². The minimum absolute atomic E-state index is 0.0382. The van der Waals surface area contributed by atoms with E-state index in [1.165, 1.54) is 0 Å². The fourth-order valence-electron chi connectivity index (χ4n) is 3.25. The SMILES string of the molecule is Cc1cc(C(=O)N2CCC(Cc3ccccc3C(=O)O)CC2)n[nH]1. The Morgan fingerprint density at radius 3 is 2.62 bits per heavy atom. The van der Waals surface area contributed by atoms with Gasteiger partial charge in [0.1, 0.15) is 5.69 Å². The van der Waals surface area contributed by atoms with Crippen molar-refractivity contribution in [3.05, 3.63) is 52.8 Å². The van der Waals surface area contributed by atoms with E-state index in [-0.39, 0.29) is 5.91 Å². The van der Waals surface area contributed by atoms with Gasteiger partial charge in [-0.15, -0.1) is 0 Å². The Kier molecular flexibility index (Phi) is 4.64. The van der Waals surface area contributed by atoms with E-state index in [1.807, 2.05) is 24.0 Å². The Labute approximate surface area is 140 Å². The van der Waals surface area contributed by atoms with Crippen molar-refractivity contribution in [2.45, 2.75) is 26.2 Å². The molecule has 2 N–H and O–H groups in total. The van der Waals surface area contributed by atoms with Gasteiger partial charge in [0, 0.05) is 18.8 Å². The van der Waals surface area contributed by atoms with Crippen molar-refractivity contribution in [2.75, 3.05) is 13.1 Å². The highest BCUT2D eigenvalue weighted by molar-refractivity contribution is 5.92. The zero-order valence-corrected chi connectivity index (χ0v) is 13.7. The second-order valence-corrected chi connectivity index (χ2v) is 6.34. The maximum absolute atomic E-state index is 12.4. The van der Waals surface area contributed by atoms with Crippen molar-refractivity contribution >= 4 is 11.9 Å². The van der Waals surface area contributed by atoms with E-state index >= 15 is 0 Å². The number of carbonyl (C=O) groups excluding carboxylic acids is 1. The monoisotopic (exact) mass is 327 g/mol. The smallest absolute Gasteiger partial charge is 0.335 e.